The quantitative estimate of drug-likeness (QED) is 0.712. The highest BCUT2D eigenvalue weighted by Gasteiger charge is 2.15. The van der Waals surface area contributed by atoms with Crippen LogP contribution in [0.4, 0.5) is 0 Å². The second kappa shape index (κ2) is 5.16. The molecule has 1 heteroatoms. The van der Waals surface area contributed by atoms with Crippen LogP contribution >= 0.6 is 0 Å². The number of aromatic nitrogens is 1. The summed E-state index contributed by atoms with van der Waals surface area (Å²) in [5.41, 5.74) is 4.00. The smallest absolute Gasteiger partial charge is 0.201 e. The van der Waals surface area contributed by atoms with Crippen LogP contribution in [0, 0.1) is 20.7 Å². The topological polar surface area (TPSA) is 3.88 Å². The van der Waals surface area contributed by atoms with Gasteiger partial charge in [0.15, 0.2) is 6.20 Å². The van der Waals surface area contributed by atoms with Gasteiger partial charge in [-0.15, -0.1) is 0 Å². The molecule has 0 aliphatic rings. The summed E-state index contributed by atoms with van der Waals surface area (Å²) in [6.45, 7) is 0.474. The molecule has 1 nitrogen and oxygen atoms in total. The summed E-state index contributed by atoms with van der Waals surface area (Å²) in [6, 6.07) is 6.96. The monoisotopic (exact) mass is 261 g/mol. The van der Waals surface area contributed by atoms with Crippen molar-refractivity contribution < 1.29 is 14.2 Å². The maximum Gasteiger partial charge on any atom is 0.212 e. The van der Waals surface area contributed by atoms with Crippen LogP contribution < -0.4 is 4.57 Å². The summed E-state index contributed by atoms with van der Waals surface area (Å²) >= 11 is 0. The van der Waals surface area contributed by atoms with Crippen LogP contribution in [0.15, 0.2) is 30.5 Å². The number of nitrogens with zero attached hydrogens (tertiary/aromatic N) is 1. The number of hydrogen-bond acceptors (Lipinski definition) is 0. The lowest BCUT2D eigenvalue weighted by Crippen LogP contribution is -2.31. The van der Waals surface area contributed by atoms with Gasteiger partial charge in [-0.25, -0.2) is 4.57 Å². The van der Waals surface area contributed by atoms with E-state index in [9.17, 15) is 0 Å². The predicted octanol–water partition coefficient (Wildman–Crippen LogP) is 4.23. The first kappa shape index (κ1) is 7.23. The summed E-state index contributed by atoms with van der Waals surface area (Å²) in [6.07, 6.45) is 1.59. The minimum Gasteiger partial charge on any atom is -0.201 e. The van der Waals surface area contributed by atoms with Crippen LogP contribution in [-0.4, -0.2) is 0 Å². The normalized spacial score (nSPS) is 20.9. The molecule has 0 spiro atoms. The van der Waals surface area contributed by atoms with Gasteiger partial charge in [-0.3, -0.25) is 0 Å². The lowest BCUT2D eigenvalue weighted by atomic mass is 9.92. The highest BCUT2D eigenvalue weighted by molar-refractivity contribution is 5.63. The van der Waals surface area contributed by atoms with Crippen molar-refractivity contribution in [3.8, 4) is 11.3 Å². The molecule has 0 amide bonds. The Hall–Kier alpha value is -1.63. The van der Waals surface area contributed by atoms with Gasteiger partial charge in [0.1, 0.15) is 7.05 Å². The standard InChI is InChI=1S/C18H24N/c1-12(2)16-9-15(5)17(10-14(16)4)18-8-7-13(3)11-19(18)6/h7-12H,1-6H3/q+1/i1D3,3D3,12D. The van der Waals surface area contributed by atoms with E-state index >= 15 is 0 Å². The molecule has 0 saturated heterocycles. The SMILES string of the molecule is [2H]C([2H])([2H])c1ccc(-c2cc(C)c(C([2H])(C)C([2H])([2H])[2H])cc2C)[n+](C)c1. The summed E-state index contributed by atoms with van der Waals surface area (Å²) in [7, 11) is 1.78. The Balaban J connectivity index is 2.59. The highest BCUT2D eigenvalue weighted by Crippen LogP contribution is 2.28. The summed E-state index contributed by atoms with van der Waals surface area (Å²) in [4.78, 5) is 0. The largest absolute Gasteiger partial charge is 0.212 e. The molecule has 0 aliphatic carbocycles. The molecule has 1 aromatic heterocycles. The van der Waals surface area contributed by atoms with E-state index in [0.29, 0.717) is 5.56 Å². The Morgan fingerprint density at radius 3 is 2.63 bits per heavy atom. The molecule has 2 rings (SSSR count). The minimum absolute atomic E-state index is 0.260. The van der Waals surface area contributed by atoms with Gasteiger partial charge in [0, 0.05) is 26.8 Å². The van der Waals surface area contributed by atoms with E-state index in [2.05, 4.69) is 0 Å². The first-order chi connectivity index (χ1) is 11.7. The molecule has 100 valence electrons. The fourth-order valence-corrected chi connectivity index (χ4v) is 2.38. The van der Waals surface area contributed by atoms with E-state index < -0.39 is 19.6 Å². The van der Waals surface area contributed by atoms with E-state index in [1.807, 2.05) is 13.0 Å². The van der Waals surface area contributed by atoms with E-state index in [4.69, 9.17) is 9.60 Å². The maximum absolute atomic E-state index is 8.34. The Bertz CT molecular complexity index is 833. The van der Waals surface area contributed by atoms with Crippen LogP contribution in [0.5, 0.6) is 0 Å². The van der Waals surface area contributed by atoms with Gasteiger partial charge in [0.25, 0.3) is 0 Å². The first-order valence-electron chi connectivity index (χ1n) is 9.78. The Kier molecular flexibility index (Phi) is 1.96. The van der Waals surface area contributed by atoms with Crippen molar-refractivity contribution in [2.45, 2.75) is 40.4 Å². The molecular formula is C18H24N+. The van der Waals surface area contributed by atoms with Crippen LogP contribution in [0.25, 0.3) is 11.3 Å². The Labute approximate surface area is 126 Å². The first-order valence-corrected chi connectivity index (χ1v) is 6.28. The number of aryl methyl sites for hydroxylation is 4. The number of pyridine rings is 1. The van der Waals surface area contributed by atoms with Crippen LogP contribution in [-0.2, 0) is 7.05 Å². The average molecular weight is 261 g/mol. The second-order valence-corrected chi connectivity index (χ2v) is 5.02. The summed E-state index contributed by atoms with van der Waals surface area (Å²) in [5.74, 6) is -1.70. The second-order valence-electron chi connectivity index (χ2n) is 5.02. The fourth-order valence-electron chi connectivity index (χ4n) is 2.38. The zero-order chi connectivity index (χ0) is 20.1. The molecule has 0 radical (unpaired) electrons. The summed E-state index contributed by atoms with van der Waals surface area (Å²) in [5, 5.41) is 0. The summed E-state index contributed by atoms with van der Waals surface area (Å²) < 4.78 is 55.6. The van der Waals surface area contributed by atoms with Gasteiger partial charge >= 0.3 is 0 Å². The molecule has 1 heterocycles. The molecule has 1 aromatic carbocycles. The average Bonchev–Trinajstić information content (AvgIpc) is 2.47. The third-order valence-corrected chi connectivity index (χ3v) is 3.38. The van der Waals surface area contributed by atoms with Crippen molar-refractivity contribution in [1.82, 2.24) is 0 Å². The molecule has 1 unspecified atom stereocenters. The number of benzene rings is 1. The molecule has 0 N–H and O–H groups in total. The highest BCUT2D eigenvalue weighted by atomic mass is 14.9. The van der Waals surface area contributed by atoms with Crippen LogP contribution in [0.1, 0.15) is 51.5 Å². The van der Waals surface area contributed by atoms with E-state index in [-0.39, 0.29) is 5.56 Å². The lowest BCUT2D eigenvalue weighted by Gasteiger charge is -2.14. The zero-order valence-electron chi connectivity index (χ0n) is 18.8. The van der Waals surface area contributed by atoms with E-state index in [0.717, 1.165) is 22.4 Å². The van der Waals surface area contributed by atoms with Gasteiger partial charge in [0.05, 0.1) is 0 Å². The van der Waals surface area contributed by atoms with Crippen LogP contribution in [0.3, 0.4) is 0 Å². The van der Waals surface area contributed by atoms with Gasteiger partial charge in [-0.2, -0.15) is 0 Å². The van der Waals surface area contributed by atoms with E-state index in [1.54, 1.807) is 42.9 Å². The van der Waals surface area contributed by atoms with Gasteiger partial charge < -0.3 is 0 Å². The fraction of sp³-hybridized carbons (Fsp3) is 0.389. The van der Waals surface area contributed by atoms with Crippen molar-refractivity contribution in [2.24, 2.45) is 7.05 Å². The van der Waals surface area contributed by atoms with Gasteiger partial charge in [-0.05, 0) is 55.4 Å². The van der Waals surface area contributed by atoms with E-state index in [1.165, 1.54) is 6.92 Å². The Morgan fingerprint density at radius 1 is 1.21 bits per heavy atom. The Morgan fingerprint density at radius 2 is 2.00 bits per heavy atom. The molecule has 19 heavy (non-hydrogen) atoms. The molecule has 0 fully saturated rings. The van der Waals surface area contributed by atoms with Crippen molar-refractivity contribution in [2.75, 3.05) is 0 Å². The molecular weight excluding hydrogens is 230 g/mol. The number of hydrogen-bond donors (Lipinski definition) is 0. The lowest BCUT2D eigenvalue weighted by molar-refractivity contribution is -0.660. The molecule has 0 saturated carbocycles. The third-order valence-electron chi connectivity index (χ3n) is 3.38. The van der Waals surface area contributed by atoms with Gasteiger partial charge in [-0.1, -0.05) is 19.8 Å². The maximum atomic E-state index is 8.34. The molecule has 1 atom stereocenters. The van der Waals surface area contributed by atoms with Crippen molar-refractivity contribution in [1.29, 1.82) is 0 Å². The molecule has 0 aliphatic heterocycles. The van der Waals surface area contributed by atoms with Gasteiger partial charge in [0.2, 0.25) is 5.69 Å². The van der Waals surface area contributed by atoms with Crippen molar-refractivity contribution in [3.05, 3.63) is 52.7 Å². The zero-order valence-corrected chi connectivity index (χ0v) is 11.8. The predicted molar refractivity (Wildman–Crippen MR) is 81.4 cm³/mol. The van der Waals surface area contributed by atoms with Crippen molar-refractivity contribution in [3.63, 3.8) is 0 Å². The minimum atomic E-state index is -2.43. The number of rotatable bonds is 2. The molecule has 2 aromatic rings. The van der Waals surface area contributed by atoms with Crippen molar-refractivity contribution >= 4 is 0 Å². The molecule has 0 bridgehead atoms. The van der Waals surface area contributed by atoms with Crippen LogP contribution in [0.2, 0.25) is 0 Å². The third kappa shape index (κ3) is 2.70.